The molecule has 0 radical (unpaired) electrons. The molecule has 0 bridgehead atoms. The van der Waals surface area contributed by atoms with Crippen molar-refractivity contribution < 1.29 is 15.0 Å². The van der Waals surface area contributed by atoms with Crippen molar-refractivity contribution in [2.24, 2.45) is 0 Å². The molecule has 0 amide bonds. The normalized spacial score (nSPS) is 13.4. The summed E-state index contributed by atoms with van der Waals surface area (Å²) in [5.74, 6) is -0.925. The molecule has 19 heavy (non-hydrogen) atoms. The molecule has 0 fully saturated rings. The monoisotopic (exact) mass is 259 g/mol. The first-order valence-electron chi connectivity index (χ1n) is 5.26. The van der Waals surface area contributed by atoms with Gasteiger partial charge in [-0.25, -0.2) is 4.79 Å². The molecule has 6 heteroatoms. The van der Waals surface area contributed by atoms with E-state index in [1.807, 2.05) is 0 Å². The van der Waals surface area contributed by atoms with Crippen LogP contribution in [0.15, 0.2) is 48.1 Å². The van der Waals surface area contributed by atoms with E-state index in [1.54, 1.807) is 24.3 Å². The number of nitrogens with two attached hydrogens (primary N) is 1. The highest BCUT2D eigenvalue weighted by molar-refractivity contribution is 6.49. The van der Waals surface area contributed by atoms with Crippen molar-refractivity contribution in [1.82, 2.24) is 0 Å². The van der Waals surface area contributed by atoms with Crippen molar-refractivity contribution >= 4 is 23.1 Å². The Bertz CT molecular complexity index is 568. The molecule has 0 saturated carbocycles. The molecule has 0 aliphatic heterocycles. The summed E-state index contributed by atoms with van der Waals surface area (Å²) >= 11 is 0. The summed E-state index contributed by atoms with van der Waals surface area (Å²) in [6.45, 7) is 0. The molecule has 6 nitrogen and oxygen atoms in total. The Morgan fingerprint density at radius 1 is 1.11 bits per heavy atom. The second-order valence-corrected chi connectivity index (χ2v) is 3.62. The maximum Gasteiger partial charge on any atom is 0.335 e. The molecule has 0 unspecified atom stereocenters. The summed E-state index contributed by atoms with van der Waals surface area (Å²) in [5, 5.41) is 31.4. The van der Waals surface area contributed by atoms with E-state index in [0.717, 1.165) is 6.08 Å². The second kappa shape index (κ2) is 6.15. The highest BCUT2D eigenvalue weighted by Crippen LogP contribution is 2.16. The van der Waals surface area contributed by atoms with Gasteiger partial charge in [0.2, 0.25) is 0 Å². The van der Waals surface area contributed by atoms with Crippen molar-refractivity contribution in [1.29, 1.82) is 10.8 Å². The number of carboxylic acids is 1. The van der Waals surface area contributed by atoms with Crippen molar-refractivity contribution in [2.45, 2.75) is 0 Å². The van der Waals surface area contributed by atoms with Crippen LogP contribution in [0, 0.1) is 10.8 Å². The van der Waals surface area contributed by atoms with Crippen molar-refractivity contribution in [3.05, 3.63) is 48.1 Å². The van der Waals surface area contributed by atoms with Crippen LogP contribution in [-0.2, 0) is 4.79 Å². The Morgan fingerprint density at radius 2 is 1.74 bits per heavy atom. The number of aromatic hydroxyl groups is 1. The third kappa shape index (κ3) is 4.12. The number of hydrogen-bond donors (Lipinski definition) is 5. The van der Waals surface area contributed by atoms with Gasteiger partial charge in [-0.1, -0.05) is 12.1 Å². The first-order valence-corrected chi connectivity index (χ1v) is 5.26. The zero-order valence-corrected chi connectivity index (χ0v) is 9.92. The number of aliphatic carboxylic acids is 1. The molecule has 0 aromatic heterocycles. The van der Waals surface area contributed by atoms with Gasteiger partial charge in [0.1, 0.15) is 5.75 Å². The molecule has 0 atom stereocenters. The largest absolute Gasteiger partial charge is 0.506 e. The molecule has 0 heterocycles. The van der Waals surface area contributed by atoms with Crippen LogP contribution in [0.2, 0.25) is 0 Å². The number of nitrogen functional groups attached to an aromatic ring is 1. The van der Waals surface area contributed by atoms with Gasteiger partial charge in [0.15, 0.2) is 0 Å². The molecule has 6 N–H and O–H groups in total. The quantitative estimate of drug-likeness (QED) is 0.297. The van der Waals surface area contributed by atoms with E-state index in [9.17, 15) is 4.79 Å². The fourth-order valence-electron chi connectivity index (χ4n) is 1.16. The fraction of sp³-hybridized carbons (Fsp3) is 0. The van der Waals surface area contributed by atoms with Gasteiger partial charge < -0.3 is 15.9 Å². The van der Waals surface area contributed by atoms with E-state index in [4.69, 9.17) is 26.8 Å². The van der Waals surface area contributed by atoms with Crippen molar-refractivity contribution in [2.75, 3.05) is 5.73 Å². The molecule has 2 rings (SSSR count). The van der Waals surface area contributed by atoms with Crippen LogP contribution in [0.3, 0.4) is 0 Å². The third-order valence-electron chi connectivity index (χ3n) is 2.20. The lowest BCUT2D eigenvalue weighted by Crippen LogP contribution is -2.13. The number of anilines is 1. The number of phenolic OH excluding ortho intramolecular Hbond substituents is 1. The number of carbonyl (C=O) groups is 1. The van der Waals surface area contributed by atoms with Crippen molar-refractivity contribution in [3.63, 3.8) is 0 Å². The molecular weight excluding hydrogens is 246 g/mol. The van der Waals surface area contributed by atoms with Crippen molar-refractivity contribution in [3.8, 4) is 5.75 Å². The van der Waals surface area contributed by atoms with Gasteiger partial charge >= 0.3 is 5.97 Å². The van der Waals surface area contributed by atoms with E-state index < -0.39 is 5.97 Å². The summed E-state index contributed by atoms with van der Waals surface area (Å²) in [5.41, 5.74) is 5.71. The number of phenols is 1. The van der Waals surface area contributed by atoms with Gasteiger partial charge in [-0.05, 0) is 30.4 Å². The van der Waals surface area contributed by atoms with E-state index in [1.165, 1.54) is 12.2 Å². The lowest BCUT2D eigenvalue weighted by Gasteiger charge is -2.02. The summed E-state index contributed by atoms with van der Waals surface area (Å²) in [6, 6.07) is 6.70. The van der Waals surface area contributed by atoms with Crippen LogP contribution in [0.25, 0.3) is 0 Å². The number of carboxylic acid groups (broad SMARTS) is 1. The van der Waals surface area contributed by atoms with Crippen LogP contribution in [0.1, 0.15) is 0 Å². The maximum absolute atomic E-state index is 10.3. The number of rotatable bonds is 1. The van der Waals surface area contributed by atoms with Gasteiger partial charge in [0.05, 0.1) is 22.7 Å². The Labute approximate surface area is 109 Å². The first kappa shape index (κ1) is 14.2. The number of benzene rings is 1. The number of allylic oxidation sites excluding steroid dienone is 2. The lowest BCUT2D eigenvalue weighted by atomic mass is 10.0. The SMILES string of the molecule is N=C1C=CC(C(=O)O)=CC1=N.Nc1ccccc1O. The minimum Gasteiger partial charge on any atom is -0.506 e. The predicted octanol–water partition coefficient (Wildman–Crippen LogP) is 1.58. The molecule has 0 spiro atoms. The van der Waals surface area contributed by atoms with Crippen LogP contribution in [0.5, 0.6) is 5.75 Å². The van der Waals surface area contributed by atoms with Gasteiger partial charge in [-0.3, -0.25) is 10.8 Å². The molecule has 1 aliphatic rings. The minimum atomic E-state index is -1.07. The van der Waals surface area contributed by atoms with E-state index in [-0.39, 0.29) is 22.7 Å². The van der Waals surface area contributed by atoms with Crippen LogP contribution in [0.4, 0.5) is 5.69 Å². The number of nitrogens with one attached hydrogen (secondary N) is 2. The first-order chi connectivity index (χ1) is 8.91. The average Bonchev–Trinajstić information content (AvgIpc) is 2.37. The average molecular weight is 259 g/mol. The van der Waals surface area contributed by atoms with Crippen LogP contribution in [-0.4, -0.2) is 27.6 Å². The number of hydrogen-bond acceptors (Lipinski definition) is 5. The predicted molar refractivity (Wildman–Crippen MR) is 72.8 cm³/mol. The Morgan fingerprint density at radius 3 is 2.16 bits per heavy atom. The summed E-state index contributed by atoms with van der Waals surface area (Å²) < 4.78 is 0. The molecule has 98 valence electrons. The zero-order valence-electron chi connectivity index (χ0n) is 9.92. The topological polar surface area (TPSA) is 131 Å². The van der Waals surface area contributed by atoms with Gasteiger partial charge in [-0.2, -0.15) is 0 Å². The zero-order chi connectivity index (χ0) is 14.4. The van der Waals surface area contributed by atoms with Crippen LogP contribution >= 0.6 is 0 Å². The molecule has 0 saturated heterocycles. The molecule has 1 aromatic carbocycles. The van der Waals surface area contributed by atoms with E-state index in [2.05, 4.69) is 0 Å². The summed E-state index contributed by atoms with van der Waals surface area (Å²) in [6.07, 6.45) is 3.76. The Hall–Kier alpha value is -2.89. The van der Waals surface area contributed by atoms with Gasteiger partial charge in [-0.15, -0.1) is 0 Å². The lowest BCUT2D eigenvalue weighted by molar-refractivity contribution is -0.132. The molecule has 1 aromatic rings. The molecular formula is C13H13N3O3. The Kier molecular flexibility index (Phi) is 4.59. The smallest absolute Gasteiger partial charge is 0.335 e. The van der Waals surface area contributed by atoms with E-state index in [0.29, 0.717) is 5.69 Å². The van der Waals surface area contributed by atoms with Crippen LogP contribution < -0.4 is 5.73 Å². The van der Waals surface area contributed by atoms with E-state index >= 15 is 0 Å². The summed E-state index contributed by atoms with van der Waals surface area (Å²) in [4.78, 5) is 10.3. The van der Waals surface area contributed by atoms with Gasteiger partial charge in [0.25, 0.3) is 0 Å². The highest BCUT2D eigenvalue weighted by atomic mass is 16.4. The summed E-state index contributed by atoms with van der Waals surface area (Å²) in [7, 11) is 0. The number of para-hydroxylation sites is 2. The highest BCUT2D eigenvalue weighted by Gasteiger charge is 2.10. The third-order valence-corrected chi connectivity index (χ3v) is 2.20. The minimum absolute atomic E-state index is 0.0370. The Balaban J connectivity index is 0.000000200. The standard InChI is InChI=1S/C7H6N2O2.C6H7NO/c8-5-2-1-4(7(10)11)3-6(5)9;7-5-3-1-2-4-6(5)8/h1-3,8-9H,(H,10,11);1-4,8H,7H2. The second-order valence-electron chi connectivity index (χ2n) is 3.62. The maximum atomic E-state index is 10.3. The van der Waals surface area contributed by atoms with Gasteiger partial charge in [0, 0.05) is 0 Å². The molecule has 1 aliphatic carbocycles. The fourth-order valence-corrected chi connectivity index (χ4v) is 1.16.